The minimum atomic E-state index is -0.868. The summed E-state index contributed by atoms with van der Waals surface area (Å²) in [4.78, 5) is 10.7. The second-order valence-corrected chi connectivity index (χ2v) is 8.16. The molecule has 4 nitrogen and oxygen atoms in total. The van der Waals surface area contributed by atoms with Gasteiger partial charge in [0.25, 0.3) is 0 Å². The predicted octanol–water partition coefficient (Wildman–Crippen LogP) is 5.73. The van der Waals surface area contributed by atoms with E-state index in [9.17, 15) is 4.79 Å². The van der Waals surface area contributed by atoms with Gasteiger partial charge in [-0.15, -0.1) is 0 Å². The normalized spacial score (nSPS) is 26.0. The van der Waals surface area contributed by atoms with Gasteiger partial charge >= 0.3 is 5.97 Å². The van der Waals surface area contributed by atoms with Gasteiger partial charge in [0, 0.05) is 6.08 Å². The van der Waals surface area contributed by atoms with Crippen molar-refractivity contribution in [1.82, 2.24) is 0 Å². The highest BCUT2D eigenvalue weighted by Gasteiger charge is 2.54. The van der Waals surface area contributed by atoms with E-state index < -0.39 is 5.97 Å². The topological polar surface area (TPSA) is 55.8 Å². The van der Waals surface area contributed by atoms with Gasteiger partial charge in [0.2, 0.25) is 0 Å². The summed E-state index contributed by atoms with van der Waals surface area (Å²) in [6.45, 7) is 0.576. The fraction of sp³-hybridized carbons (Fsp3) is 0.375. The molecule has 2 aliphatic carbocycles. The molecule has 0 aromatic heterocycles. The molecule has 1 N–H and O–H groups in total. The first-order chi connectivity index (χ1) is 13.6. The Balaban J connectivity index is 1.35. The van der Waals surface area contributed by atoms with E-state index in [-0.39, 0.29) is 11.0 Å². The van der Waals surface area contributed by atoms with Crippen molar-refractivity contribution in [3.63, 3.8) is 0 Å². The Labute approximate surface area is 165 Å². The minimum absolute atomic E-state index is 0.0483. The van der Waals surface area contributed by atoms with Crippen LogP contribution in [0.15, 0.2) is 66.7 Å². The molecule has 4 heteroatoms. The lowest BCUT2D eigenvalue weighted by molar-refractivity contribution is -0.131. The number of aliphatic carboxylic acids is 1. The van der Waals surface area contributed by atoms with Crippen molar-refractivity contribution < 1.29 is 19.4 Å². The Morgan fingerprint density at radius 3 is 2.50 bits per heavy atom. The van der Waals surface area contributed by atoms with E-state index in [0.717, 1.165) is 55.6 Å². The zero-order chi connectivity index (χ0) is 19.5. The standard InChI is InChI=1S/C24H26O4/c25-22(26)10-5-11-23-12-14-24(18-23,15-13-23)27-17-19-6-4-9-21(16-19)28-20-7-2-1-3-8-20/h1-10,16H,11-15,17-18H2,(H,25,26). The fourth-order valence-electron chi connectivity index (χ4n) is 4.71. The third-order valence-corrected chi connectivity index (χ3v) is 6.15. The Morgan fingerprint density at radius 1 is 1.00 bits per heavy atom. The summed E-state index contributed by atoms with van der Waals surface area (Å²) in [5.74, 6) is 0.772. The number of para-hydroxylation sites is 1. The molecular weight excluding hydrogens is 352 g/mol. The molecule has 146 valence electrons. The zero-order valence-corrected chi connectivity index (χ0v) is 16.0. The van der Waals surface area contributed by atoms with Crippen molar-refractivity contribution in [2.24, 2.45) is 5.41 Å². The molecule has 0 unspecified atom stereocenters. The smallest absolute Gasteiger partial charge is 0.327 e. The van der Waals surface area contributed by atoms with Crippen molar-refractivity contribution in [1.29, 1.82) is 0 Å². The summed E-state index contributed by atoms with van der Waals surface area (Å²) in [5, 5.41) is 8.81. The van der Waals surface area contributed by atoms with E-state index in [2.05, 4.69) is 6.07 Å². The SMILES string of the molecule is O=C(O)C=CCC12CCC(OCc3cccc(Oc4ccccc4)c3)(CC1)C2. The average molecular weight is 378 g/mol. The third-order valence-electron chi connectivity index (χ3n) is 6.15. The number of benzene rings is 2. The number of hydrogen-bond donors (Lipinski definition) is 1. The van der Waals surface area contributed by atoms with Gasteiger partial charge in [-0.1, -0.05) is 36.4 Å². The van der Waals surface area contributed by atoms with Gasteiger partial charge in [0.15, 0.2) is 0 Å². The number of carboxylic acids is 1. The third kappa shape index (κ3) is 4.28. The molecular formula is C24H26O4. The molecule has 0 atom stereocenters. The number of ether oxygens (including phenoxy) is 2. The molecule has 0 spiro atoms. The van der Waals surface area contributed by atoms with Gasteiger partial charge in [-0.2, -0.15) is 0 Å². The molecule has 0 amide bonds. The second-order valence-electron chi connectivity index (χ2n) is 8.16. The lowest BCUT2D eigenvalue weighted by atomic mass is 9.81. The number of hydrogen-bond acceptors (Lipinski definition) is 3. The molecule has 0 radical (unpaired) electrons. The number of carbonyl (C=O) groups is 1. The van der Waals surface area contributed by atoms with Crippen LogP contribution in [0.2, 0.25) is 0 Å². The van der Waals surface area contributed by atoms with Gasteiger partial charge in [0.1, 0.15) is 11.5 Å². The first kappa shape index (κ1) is 18.8. The van der Waals surface area contributed by atoms with Crippen molar-refractivity contribution >= 4 is 5.97 Å². The largest absolute Gasteiger partial charge is 0.478 e. The van der Waals surface area contributed by atoms with E-state index in [1.807, 2.05) is 54.6 Å². The maximum atomic E-state index is 10.7. The number of fused-ring (bicyclic) bond motifs is 2. The highest BCUT2D eigenvalue weighted by molar-refractivity contribution is 5.79. The lowest BCUT2D eigenvalue weighted by Crippen LogP contribution is -2.26. The van der Waals surface area contributed by atoms with Crippen LogP contribution >= 0.6 is 0 Å². The number of rotatable bonds is 8. The van der Waals surface area contributed by atoms with Crippen LogP contribution in [0.1, 0.15) is 44.1 Å². The Kier molecular flexibility index (Phi) is 5.23. The molecule has 2 bridgehead atoms. The molecule has 0 saturated heterocycles. The first-order valence-corrected chi connectivity index (χ1v) is 9.92. The van der Waals surface area contributed by atoms with E-state index >= 15 is 0 Å². The molecule has 2 aromatic carbocycles. The monoisotopic (exact) mass is 378 g/mol. The molecule has 0 aliphatic heterocycles. The minimum Gasteiger partial charge on any atom is -0.478 e. The molecule has 2 fully saturated rings. The van der Waals surface area contributed by atoms with Crippen LogP contribution in [-0.2, 0) is 16.1 Å². The summed E-state index contributed by atoms with van der Waals surface area (Å²) >= 11 is 0. The van der Waals surface area contributed by atoms with Crippen LogP contribution in [0.5, 0.6) is 11.5 Å². The van der Waals surface area contributed by atoms with Gasteiger partial charge in [-0.25, -0.2) is 4.79 Å². The molecule has 0 heterocycles. The molecule has 4 rings (SSSR count). The van der Waals surface area contributed by atoms with Crippen molar-refractivity contribution in [2.75, 3.05) is 0 Å². The average Bonchev–Trinajstić information content (AvgIpc) is 3.24. The summed E-state index contributed by atoms with van der Waals surface area (Å²) in [6, 6.07) is 17.8. The van der Waals surface area contributed by atoms with E-state index in [4.69, 9.17) is 14.6 Å². The van der Waals surface area contributed by atoms with Crippen molar-refractivity contribution in [3.8, 4) is 11.5 Å². The van der Waals surface area contributed by atoms with Gasteiger partial charge in [0.05, 0.1) is 12.2 Å². The van der Waals surface area contributed by atoms with E-state index in [1.54, 1.807) is 0 Å². The highest BCUT2D eigenvalue weighted by atomic mass is 16.5. The molecule has 2 aliphatic rings. The fourth-order valence-corrected chi connectivity index (χ4v) is 4.71. The summed E-state index contributed by atoms with van der Waals surface area (Å²) in [6.07, 6.45) is 9.32. The van der Waals surface area contributed by atoms with Crippen LogP contribution in [0, 0.1) is 5.41 Å². The summed E-state index contributed by atoms with van der Waals surface area (Å²) in [7, 11) is 0. The number of allylic oxidation sites excluding steroid dienone is 1. The van der Waals surface area contributed by atoms with E-state index in [1.165, 1.54) is 6.08 Å². The Hall–Kier alpha value is -2.59. The van der Waals surface area contributed by atoms with Crippen molar-refractivity contribution in [2.45, 2.75) is 50.7 Å². The van der Waals surface area contributed by atoms with E-state index in [0.29, 0.717) is 6.61 Å². The van der Waals surface area contributed by atoms with Gasteiger partial charge in [-0.3, -0.25) is 0 Å². The molecule has 2 aromatic rings. The molecule has 28 heavy (non-hydrogen) atoms. The summed E-state index contributed by atoms with van der Waals surface area (Å²) in [5.41, 5.74) is 1.29. The zero-order valence-electron chi connectivity index (χ0n) is 16.0. The predicted molar refractivity (Wildman–Crippen MR) is 107 cm³/mol. The van der Waals surface area contributed by atoms with Gasteiger partial charge in [-0.05, 0) is 73.8 Å². The van der Waals surface area contributed by atoms with Crippen LogP contribution in [-0.4, -0.2) is 16.7 Å². The van der Waals surface area contributed by atoms with Crippen LogP contribution in [0.3, 0.4) is 0 Å². The quantitative estimate of drug-likeness (QED) is 0.596. The van der Waals surface area contributed by atoms with Crippen LogP contribution < -0.4 is 4.74 Å². The van der Waals surface area contributed by atoms with Crippen molar-refractivity contribution in [3.05, 3.63) is 72.3 Å². The van der Waals surface area contributed by atoms with Crippen LogP contribution in [0.25, 0.3) is 0 Å². The maximum Gasteiger partial charge on any atom is 0.327 e. The highest BCUT2D eigenvalue weighted by Crippen LogP contribution is 2.60. The van der Waals surface area contributed by atoms with Crippen LogP contribution in [0.4, 0.5) is 0 Å². The van der Waals surface area contributed by atoms with Gasteiger partial charge < -0.3 is 14.6 Å². The Bertz CT molecular complexity index is 848. The second kappa shape index (κ2) is 7.80. The lowest BCUT2D eigenvalue weighted by Gasteiger charge is -2.27. The molecule has 2 saturated carbocycles. The summed E-state index contributed by atoms with van der Waals surface area (Å²) < 4.78 is 12.3. The Morgan fingerprint density at radius 2 is 1.75 bits per heavy atom. The maximum absolute atomic E-state index is 10.7. The number of carboxylic acid groups (broad SMARTS) is 1. The first-order valence-electron chi connectivity index (χ1n) is 9.92.